The van der Waals surface area contributed by atoms with Crippen LogP contribution in [-0.2, 0) is 13.0 Å². The molecule has 0 spiro atoms. The summed E-state index contributed by atoms with van der Waals surface area (Å²) in [4.78, 5) is 4.51. The second-order valence-corrected chi connectivity index (χ2v) is 5.52. The molecule has 18 heavy (non-hydrogen) atoms. The van der Waals surface area contributed by atoms with E-state index in [4.69, 9.17) is 0 Å². The molecule has 1 saturated carbocycles. The Labute approximate surface area is 111 Å². The summed E-state index contributed by atoms with van der Waals surface area (Å²) in [5.74, 6) is 2.20. The van der Waals surface area contributed by atoms with E-state index in [-0.39, 0.29) is 0 Å². The van der Waals surface area contributed by atoms with E-state index >= 15 is 0 Å². The summed E-state index contributed by atoms with van der Waals surface area (Å²) >= 11 is 0. The molecule has 1 aliphatic rings. The zero-order valence-electron chi connectivity index (χ0n) is 11.9. The van der Waals surface area contributed by atoms with Crippen LogP contribution in [0.4, 0.5) is 0 Å². The van der Waals surface area contributed by atoms with Crippen LogP contribution >= 0.6 is 0 Å². The lowest BCUT2D eigenvalue weighted by Gasteiger charge is -2.30. The Morgan fingerprint density at radius 2 is 2.28 bits per heavy atom. The van der Waals surface area contributed by atoms with Crippen molar-refractivity contribution in [3.05, 3.63) is 18.2 Å². The minimum Gasteiger partial charge on any atom is -0.335 e. The van der Waals surface area contributed by atoms with Crippen LogP contribution in [0, 0.1) is 5.92 Å². The summed E-state index contributed by atoms with van der Waals surface area (Å²) in [6, 6.07) is 0.614. The highest BCUT2D eigenvalue weighted by molar-refractivity contribution is 4.96. The fourth-order valence-electron chi connectivity index (χ4n) is 2.76. The Morgan fingerprint density at radius 3 is 2.89 bits per heavy atom. The van der Waals surface area contributed by atoms with Gasteiger partial charge in [0.25, 0.3) is 0 Å². The topological polar surface area (TPSA) is 29.9 Å². The van der Waals surface area contributed by atoms with Crippen molar-refractivity contribution in [2.24, 2.45) is 5.92 Å². The fourth-order valence-corrected chi connectivity index (χ4v) is 2.76. The highest BCUT2D eigenvalue weighted by Gasteiger charge is 2.22. The summed E-state index contributed by atoms with van der Waals surface area (Å²) in [5, 5.41) is 3.70. The maximum Gasteiger partial charge on any atom is 0.110 e. The summed E-state index contributed by atoms with van der Waals surface area (Å²) in [7, 11) is 0. The molecule has 1 N–H and O–H groups in total. The number of imidazole rings is 1. The Morgan fingerprint density at radius 1 is 1.44 bits per heavy atom. The Bertz CT molecular complexity index is 341. The van der Waals surface area contributed by atoms with Gasteiger partial charge in [0, 0.05) is 31.4 Å². The van der Waals surface area contributed by atoms with Gasteiger partial charge < -0.3 is 9.88 Å². The van der Waals surface area contributed by atoms with Gasteiger partial charge in [0.15, 0.2) is 0 Å². The zero-order chi connectivity index (χ0) is 12.8. The first kappa shape index (κ1) is 13.6. The molecule has 1 fully saturated rings. The SMILES string of the molecule is CCCNC(Cc1nccn1CC)CC1CCC1. The van der Waals surface area contributed by atoms with Crippen LogP contribution in [0.25, 0.3) is 0 Å². The monoisotopic (exact) mass is 249 g/mol. The molecule has 1 aromatic heterocycles. The molecule has 3 heteroatoms. The van der Waals surface area contributed by atoms with Crippen molar-refractivity contribution in [2.75, 3.05) is 6.54 Å². The molecule has 1 unspecified atom stereocenters. The lowest BCUT2D eigenvalue weighted by atomic mass is 9.80. The molecule has 1 atom stereocenters. The summed E-state index contributed by atoms with van der Waals surface area (Å²) in [6.07, 6.45) is 12.0. The number of hydrogen-bond acceptors (Lipinski definition) is 2. The quantitative estimate of drug-likeness (QED) is 0.767. The Hall–Kier alpha value is -0.830. The van der Waals surface area contributed by atoms with Crippen LogP contribution in [-0.4, -0.2) is 22.1 Å². The van der Waals surface area contributed by atoms with Crippen LogP contribution in [0.2, 0.25) is 0 Å². The molecule has 1 heterocycles. The average Bonchev–Trinajstić information content (AvgIpc) is 2.77. The maximum atomic E-state index is 4.51. The van der Waals surface area contributed by atoms with Gasteiger partial charge >= 0.3 is 0 Å². The second-order valence-electron chi connectivity index (χ2n) is 5.52. The highest BCUT2D eigenvalue weighted by Crippen LogP contribution is 2.31. The van der Waals surface area contributed by atoms with Crippen molar-refractivity contribution in [2.45, 2.75) is 65.0 Å². The highest BCUT2D eigenvalue weighted by atomic mass is 15.1. The van der Waals surface area contributed by atoms with Gasteiger partial charge in [-0.05, 0) is 32.2 Å². The largest absolute Gasteiger partial charge is 0.335 e. The summed E-state index contributed by atoms with van der Waals surface area (Å²) in [6.45, 7) is 6.58. The van der Waals surface area contributed by atoms with Crippen molar-refractivity contribution in [1.29, 1.82) is 0 Å². The van der Waals surface area contributed by atoms with E-state index in [0.29, 0.717) is 6.04 Å². The minimum atomic E-state index is 0.614. The average molecular weight is 249 g/mol. The van der Waals surface area contributed by atoms with E-state index in [9.17, 15) is 0 Å². The van der Waals surface area contributed by atoms with Crippen LogP contribution in [0.1, 0.15) is 51.8 Å². The number of aryl methyl sites for hydroxylation is 1. The van der Waals surface area contributed by atoms with Crippen molar-refractivity contribution in [3.63, 3.8) is 0 Å². The third-order valence-electron chi connectivity index (χ3n) is 4.10. The van der Waals surface area contributed by atoms with Crippen LogP contribution in [0.5, 0.6) is 0 Å². The van der Waals surface area contributed by atoms with Gasteiger partial charge in [-0.1, -0.05) is 26.2 Å². The van der Waals surface area contributed by atoms with Crippen LogP contribution < -0.4 is 5.32 Å². The third-order valence-corrected chi connectivity index (χ3v) is 4.10. The predicted molar refractivity (Wildman–Crippen MR) is 75.6 cm³/mol. The van der Waals surface area contributed by atoms with Gasteiger partial charge in [-0.3, -0.25) is 0 Å². The zero-order valence-corrected chi connectivity index (χ0v) is 11.9. The molecule has 2 rings (SSSR count). The standard InChI is InChI=1S/C15H27N3/c1-3-8-16-14(11-13-6-5-7-13)12-15-17-9-10-18(15)4-2/h9-10,13-14,16H,3-8,11-12H2,1-2H3. The number of nitrogens with one attached hydrogen (secondary N) is 1. The molecule has 0 bridgehead atoms. The van der Waals surface area contributed by atoms with Crippen molar-refractivity contribution in [3.8, 4) is 0 Å². The van der Waals surface area contributed by atoms with Gasteiger partial charge in [-0.2, -0.15) is 0 Å². The molecule has 1 aromatic rings. The van der Waals surface area contributed by atoms with E-state index < -0.39 is 0 Å². The van der Waals surface area contributed by atoms with Gasteiger partial charge in [0.1, 0.15) is 5.82 Å². The lowest BCUT2D eigenvalue weighted by molar-refractivity contribution is 0.257. The van der Waals surface area contributed by atoms with Gasteiger partial charge in [-0.15, -0.1) is 0 Å². The smallest absolute Gasteiger partial charge is 0.110 e. The van der Waals surface area contributed by atoms with Crippen molar-refractivity contribution < 1.29 is 0 Å². The molecule has 102 valence electrons. The maximum absolute atomic E-state index is 4.51. The third kappa shape index (κ3) is 3.58. The molecule has 0 amide bonds. The van der Waals surface area contributed by atoms with E-state index in [1.165, 1.54) is 37.9 Å². The second kappa shape index (κ2) is 6.93. The molecule has 0 radical (unpaired) electrons. The molecular weight excluding hydrogens is 222 g/mol. The molecule has 3 nitrogen and oxygen atoms in total. The first-order valence-electron chi connectivity index (χ1n) is 7.56. The summed E-state index contributed by atoms with van der Waals surface area (Å²) < 4.78 is 2.27. The Kier molecular flexibility index (Phi) is 5.24. The first-order valence-corrected chi connectivity index (χ1v) is 7.56. The van der Waals surface area contributed by atoms with E-state index in [0.717, 1.165) is 25.4 Å². The number of aromatic nitrogens is 2. The minimum absolute atomic E-state index is 0.614. The van der Waals surface area contributed by atoms with Crippen LogP contribution in [0.15, 0.2) is 12.4 Å². The van der Waals surface area contributed by atoms with Gasteiger partial charge in [-0.25, -0.2) is 4.98 Å². The Balaban J connectivity index is 1.90. The first-order chi connectivity index (χ1) is 8.83. The normalized spacial score (nSPS) is 17.7. The van der Waals surface area contributed by atoms with Crippen molar-refractivity contribution >= 4 is 0 Å². The molecular formula is C15H27N3. The lowest BCUT2D eigenvalue weighted by Crippen LogP contribution is -2.35. The molecule has 0 aromatic carbocycles. The van der Waals surface area contributed by atoms with E-state index in [2.05, 4.69) is 34.9 Å². The van der Waals surface area contributed by atoms with Gasteiger partial charge in [0.2, 0.25) is 0 Å². The van der Waals surface area contributed by atoms with Gasteiger partial charge in [0.05, 0.1) is 0 Å². The fraction of sp³-hybridized carbons (Fsp3) is 0.800. The molecule has 1 aliphatic carbocycles. The van der Waals surface area contributed by atoms with Crippen molar-refractivity contribution in [1.82, 2.24) is 14.9 Å². The van der Waals surface area contributed by atoms with E-state index in [1.807, 2.05) is 6.20 Å². The molecule has 0 aliphatic heterocycles. The predicted octanol–water partition coefficient (Wildman–Crippen LogP) is 3.00. The van der Waals surface area contributed by atoms with Crippen LogP contribution in [0.3, 0.4) is 0 Å². The number of hydrogen-bond donors (Lipinski definition) is 1. The number of rotatable bonds is 8. The summed E-state index contributed by atoms with van der Waals surface area (Å²) in [5.41, 5.74) is 0. The molecule has 0 saturated heterocycles. The number of nitrogens with zero attached hydrogens (tertiary/aromatic N) is 2. The van der Waals surface area contributed by atoms with E-state index in [1.54, 1.807) is 0 Å².